The van der Waals surface area contributed by atoms with Crippen LogP contribution in [0.2, 0.25) is 0 Å². The fourth-order valence-corrected chi connectivity index (χ4v) is 0.256. The van der Waals surface area contributed by atoms with Crippen molar-refractivity contribution in [1.29, 1.82) is 0 Å². The Morgan fingerprint density at radius 3 is 2.33 bits per heavy atom. The predicted molar refractivity (Wildman–Crippen MR) is 46.5 cm³/mol. The third-order valence-electron chi connectivity index (χ3n) is 0.421. The Bertz CT molecular complexity index is 151. The van der Waals surface area contributed by atoms with Gasteiger partial charge in [-0.2, -0.15) is 0 Å². The molecule has 0 radical (unpaired) electrons. The molecule has 0 heterocycles. The average molecular weight is 220 g/mol. The van der Waals surface area contributed by atoms with Gasteiger partial charge in [0.2, 0.25) is 0 Å². The van der Waals surface area contributed by atoms with E-state index < -0.39 is 11.4 Å². The molecule has 0 aromatic heterocycles. The van der Waals surface area contributed by atoms with Gasteiger partial charge in [0, 0.05) is 6.54 Å². The Kier molecular flexibility index (Phi) is 21.4. The first-order valence-electron chi connectivity index (χ1n) is 2.43. The van der Waals surface area contributed by atoms with Crippen molar-refractivity contribution in [2.45, 2.75) is 0 Å². The van der Waals surface area contributed by atoms with Crippen LogP contribution in [0.25, 0.3) is 0 Å². The third kappa shape index (κ3) is 46.8. The summed E-state index contributed by atoms with van der Waals surface area (Å²) in [6.45, 7) is 4.10. The summed E-state index contributed by atoms with van der Waals surface area (Å²) in [6, 6.07) is 0. The summed E-state index contributed by atoms with van der Waals surface area (Å²) >= 11 is 1.62. The van der Waals surface area contributed by atoms with E-state index in [1.54, 1.807) is 6.08 Å². The quantitative estimate of drug-likeness (QED) is 0.192. The van der Waals surface area contributed by atoms with E-state index in [9.17, 15) is 0 Å². The molecule has 1 atom stereocenters. The number of thiocarbonyl (C=S) groups is 1. The molecular formula is C4H9N2NaO3S2. The predicted octanol–water partition coefficient (Wildman–Crippen LogP) is -3.65. The molecule has 0 saturated carbocycles. The minimum atomic E-state index is -2.86. The maximum atomic E-state index is 8.56. The molecule has 0 aliphatic rings. The van der Waals surface area contributed by atoms with Crippen LogP contribution >= 0.6 is 12.2 Å². The van der Waals surface area contributed by atoms with E-state index in [0.717, 1.165) is 0 Å². The van der Waals surface area contributed by atoms with Crippen LogP contribution in [0.5, 0.6) is 0 Å². The largest absolute Gasteiger partial charge is 1.00 e. The van der Waals surface area contributed by atoms with E-state index in [1.807, 2.05) is 0 Å². The summed E-state index contributed by atoms with van der Waals surface area (Å²) < 4.78 is 24.1. The van der Waals surface area contributed by atoms with Gasteiger partial charge in [-0.1, -0.05) is 6.08 Å². The van der Waals surface area contributed by atoms with Crippen molar-refractivity contribution in [3.05, 3.63) is 12.7 Å². The molecule has 0 aromatic rings. The van der Waals surface area contributed by atoms with Gasteiger partial charge in [-0.25, -0.2) is 4.21 Å². The summed E-state index contributed by atoms with van der Waals surface area (Å²) in [7, 11) is 0. The molecule has 1 unspecified atom stereocenters. The van der Waals surface area contributed by atoms with E-state index >= 15 is 0 Å². The molecule has 0 spiro atoms. The standard InChI is InChI=1S/C4H8N2S.Na.H2O3S/c1-2-3-6-4(5)7;;1-4(2)3/h2H,1,3H2,(H3,5,6,7);;(H2,1,2,3)/q;+1;/p-1. The minimum Gasteiger partial charge on any atom is -0.750 e. The molecule has 12 heavy (non-hydrogen) atoms. The van der Waals surface area contributed by atoms with Crippen LogP contribution in [0.15, 0.2) is 12.7 Å². The zero-order valence-electron chi connectivity index (χ0n) is 6.65. The Labute approximate surface area is 101 Å². The summed E-state index contributed by atoms with van der Waals surface area (Å²) in [5.74, 6) is 0. The molecule has 0 aromatic carbocycles. The normalized spacial score (nSPS) is 9.50. The van der Waals surface area contributed by atoms with Gasteiger partial charge in [-0.05, 0) is 12.2 Å². The van der Waals surface area contributed by atoms with Gasteiger partial charge in [-0.15, -0.1) is 6.58 Å². The number of nitrogens with one attached hydrogen (secondary N) is 1. The Hall–Kier alpha value is 0.500. The second-order valence-corrected chi connectivity index (χ2v) is 2.12. The molecule has 5 nitrogen and oxygen atoms in total. The number of hydrogen-bond donors (Lipinski definition) is 3. The zero-order chi connectivity index (χ0) is 9.28. The van der Waals surface area contributed by atoms with Crippen LogP contribution in [0.1, 0.15) is 0 Å². The van der Waals surface area contributed by atoms with Crippen molar-refractivity contribution >= 4 is 28.7 Å². The zero-order valence-corrected chi connectivity index (χ0v) is 10.3. The van der Waals surface area contributed by atoms with Gasteiger partial charge >= 0.3 is 29.6 Å². The SMILES string of the molecule is C=CCNC(N)=S.O=S([O-])O.[Na+]. The van der Waals surface area contributed by atoms with E-state index in [2.05, 4.69) is 24.1 Å². The molecule has 0 rings (SSSR count). The molecular weight excluding hydrogens is 211 g/mol. The van der Waals surface area contributed by atoms with Crippen LogP contribution in [0, 0.1) is 0 Å². The molecule has 0 fully saturated rings. The Morgan fingerprint density at radius 1 is 1.92 bits per heavy atom. The Balaban J connectivity index is -0.000000142. The van der Waals surface area contributed by atoms with Crippen molar-refractivity contribution in [2.24, 2.45) is 5.73 Å². The van der Waals surface area contributed by atoms with Gasteiger partial charge in [0.05, 0.1) is 11.4 Å². The van der Waals surface area contributed by atoms with Gasteiger partial charge in [-0.3, -0.25) is 0 Å². The van der Waals surface area contributed by atoms with Crippen LogP contribution < -0.4 is 40.6 Å². The maximum absolute atomic E-state index is 8.56. The summed E-state index contributed by atoms with van der Waals surface area (Å²) in [5.41, 5.74) is 5.05. The van der Waals surface area contributed by atoms with Crippen molar-refractivity contribution < 1.29 is 42.9 Å². The minimum absolute atomic E-state index is 0. The van der Waals surface area contributed by atoms with E-state index in [1.165, 1.54) is 0 Å². The average Bonchev–Trinajstić information content (AvgIpc) is 1.82. The maximum Gasteiger partial charge on any atom is 1.00 e. The van der Waals surface area contributed by atoms with Crippen LogP contribution in [0.3, 0.4) is 0 Å². The fraction of sp³-hybridized carbons (Fsp3) is 0.250. The van der Waals surface area contributed by atoms with E-state index in [-0.39, 0.29) is 29.6 Å². The molecule has 0 aliphatic carbocycles. The fourth-order valence-electron chi connectivity index (χ4n) is 0.173. The van der Waals surface area contributed by atoms with Crippen molar-refractivity contribution in [3.8, 4) is 0 Å². The second-order valence-electron chi connectivity index (χ2n) is 1.25. The Morgan fingerprint density at radius 2 is 2.25 bits per heavy atom. The molecule has 4 N–H and O–H groups in total. The molecule has 0 aliphatic heterocycles. The van der Waals surface area contributed by atoms with Gasteiger partial charge in [0.15, 0.2) is 5.11 Å². The van der Waals surface area contributed by atoms with Gasteiger partial charge < -0.3 is 20.2 Å². The van der Waals surface area contributed by atoms with E-state index in [4.69, 9.17) is 19.0 Å². The van der Waals surface area contributed by atoms with Gasteiger partial charge in [0.25, 0.3) is 0 Å². The van der Waals surface area contributed by atoms with Crippen molar-refractivity contribution in [2.75, 3.05) is 6.54 Å². The summed E-state index contributed by atoms with van der Waals surface area (Å²) in [6.07, 6.45) is 1.69. The van der Waals surface area contributed by atoms with Crippen molar-refractivity contribution in [1.82, 2.24) is 5.32 Å². The molecule has 66 valence electrons. The topological polar surface area (TPSA) is 98.4 Å². The third-order valence-corrected chi connectivity index (χ3v) is 0.565. The van der Waals surface area contributed by atoms with Crippen LogP contribution in [-0.2, 0) is 11.4 Å². The van der Waals surface area contributed by atoms with Crippen LogP contribution in [-0.4, -0.2) is 25.0 Å². The number of nitrogens with two attached hydrogens (primary N) is 1. The molecule has 0 saturated heterocycles. The first kappa shape index (κ1) is 18.3. The monoisotopic (exact) mass is 220 g/mol. The van der Waals surface area contributed by atoms with Crippen molar-refractivity contribution in [3.63, 3.8) is 0 Å². The smallest absolute Gasteiger partial charge is 0.750 e. The number of rotatable bonds is 2. The molecule has 0 bridgehead atoms. The summed E-state index contributed by atoms with van der Waals surface area (Å²) in [4.78, 5) is 0. The first-order chi connectivity index (χ1) is 5.00. The molecule has 0 amide bonds. The summed E-state index contributed by atoms with van der Waals surface area (Å²) in [5, 5.41) is 3.01. The van der Waals surface area contributed by atoms with E-state index in [0.29, 0.717) is 11.7 Å². The molecule has 8 heteroatoms. The first-order valence-corrected chi connectivity index (χ1v) is 3.87. The van der Waals surface area contributed by atoms with Crippen LogP contribution in [0.4, 0.5) is 0 Å². The second kappa shape index (κ2) is 14.0. The number of hydrogen-bond acceptors (Lipinski definition) is 3. The van der Waals surface area contributed by atoms with Gasteiger partial charge in [0.1, 0.15) is 0 Å².